The third kappa shape index (κ3) is 7.40. The normalized spacial score (nSPS) is 21.4. The van der Waals surface area contributed by atoms with E-state index in [1.54, 1.807) is 0 Å². The van der Waals surface area contributed by atoms with E-state index in [1.807, 2.05) is 0 Å². The molecule has 1 aliphatic heterocycles. The van der Waals surface area contributed by atoms with Crippen LogP contribution < -0.4 is 0 Å². The third-order valence-corrected chi connectivity index (χ3v) is 3.29. The summed E-state index contributed by atoms with van der Waals surface area (Å²) in [5.74, 6) is -0.166. The summed E-state index contributed by atoms with van der Waals surface area (Å²) >= 11 is 0. The SMILES string of the molecule is O=S(=O)(Cl)CCOCCOCC1CCCO1. The Balaban J connectivity index is 1.84. The minimum atomic E-state index is -3.44. The molecule has 0 amide bonds. The number of halogens is 1. The smallest absolute Gasteiger partial charge is 0.234 e. The van der Waals surface area contributed by atoms with Crippen molar-refractivity contribution in [2.75, 3.05) is 38.8 Å². The zero-order valence-electron chi connectivity index (χ0n) is 9.06. The van der Waals surface area contributed by atoms with Crippen LogP contribution in [0.1, 0.15) is 12.8 Å². The van der Waals surface area contributed by atoms with Crippen LogP contribution in [0.3, 0.4) is 0 Å². The lowest BCUT2D eigenvalue weighted by molar-refractivity contribution is -0.00504. The fourth-order valence-corrected chi connectivity index (χ4v) is 1.87. The van der Waals surface area contributed by atoms with Gasteiger partial charge >= 0.3 is 0 Å². The van der Waals surface area contributed by atoms with Gasteiger partial charge in [0.15, 0.2) is 0 Å². The van der Waals surface area contributed by atoms with Gasteiger partial charge in [0.25, 0.3) is 0 Å². The molecule has 0 bridgehead atoms. The zero-order chi connectivity index (χ0) is 11.9. The van der Waals surface area contributed by atoms with Crippen molar-refractivity contribution in [3.8, 4) is 0 Å². The van der Waals surface area contributed by atoms with Crippen LogP contribution in [0, 0.1) is 0 Å². The van der Waals surface area contributed by atoms with E-state index in [0.717, 1.165) is 19.4 Å². The summed E-state index contributed by atoms with van der Waals surface area (Å²) in [5, 5.41) is 0. The van der Waals surface area contributed by atoms with E-state index in [-0.39, 0.29) is 18.5 Å². The van der Waals surface area contributed by atoms with Gasteiger partial charge in [0.2, 0.25) is 9.05 Å². The van der Waals surface area contributed by atoms with Gasteiger partial charge in [0, 0.05) is 17.3 Å². The van der Waals surface area contributed by atoms with Gasteiger partial charge in [0.05, 0.1) is 38.3 Å². The summed E-state index contributed by atoms with van der Waals surface area (Å²) in [6.45, 7) is 2.33. The Bertz CT molecular complexity index is 274. The zero-order valence-corrected chi connectivity index (χ0v) is 10.6. The minimum Gasteiger partial charge on any atom is -0.378 e. The van der Waals surface area contributed by atoms with Crippen molar-refractivity contribution in [2.24, 2.45) is 0 Å². The maximum absolute atomic E-state index is 10.5. The minimum absolute atomic E-state index is 0.106. The fraction of sp³-hybridized carbons (Fsp3) is 1.00. The van der Waals surface area contributed by atoms with Gasteiger partial charge in [-0.15, -0.1) is 0 Å². The van der Waals surface area contributed by atoms with Crippen LogP contribution in [-0.4, -0.2) is 53.3 Å². The molecule has 0 N–H and O–H groups in total. The van der Waals surface area contributed by atoms with E-state index < -0.39 is 9.05 Å². The van der Waals surface area contributed by atoms with Crippen LogP contribution in [0.25, 0.3) is 0 Å². The van der Waals surface area contributed by atoms with Crippen molar-refractivity contribution in [3.05, 3.63) is 0 Å². The highest BCUT2D eigenvalue weighted by atomic mass is 35.7. The predicted molar refractivity (Wildman–Crippen MR) is 60.3 cm³/mol. The molecule has 16 heavy (non-hydrogen) atoms. The van der Waals surface area contributed by atoms with Crippen LogP contribution in [-0.2, 0) is 23.3 Å². The molecule has 0 spiro atoms. The first-order chi connectivity index (χ1) is 7.58. The standard InChI is InChI=1S/C9H17ClO5S/c10-16(11,12)7-6-13-4-5-14-8-9-2-1-3-15-9/h9H,1-8H2. The van der Waals surface area contributed by atoms with Gasteiger partial charge in [-0.05, 0) is 12.8 Å². The largest absolute Gasteiger partial charge is 0.378 e. The van der Waals surface area contributed by atoms with E-state index >= 15 is 0 Å². The van der Waals surface area contributed by atoms with Crippen molar-refractivity contribution >= 4 is 19.7 Å². The predicted octanol–water partition coefficient (Wildman–Crippen LogP) is 0.767. The topological polar surface area (TPSA) is 61.8 Å². The number of hydrogen-bond donors (Lipinski definition) is 0. The van der Waals surface area contributed by atoms with Gasteiger partial charge in [-0.1, -0.05) is 0 Å². The fourth-order valence-electron chi connectivity index (χ4n) is 1.37. The Hall–Kier alpha value is 0.120. The van der Waals surface area contributed by atoms with Crippen molar-refractivity contribution in [3.63, 3.8) is 0 Å². The van der Waals surface area contributed by atoms with Gasteiger partial charge in [-0.3, -0.25) is 0 Å². The van der Waals surface area contributed by atoms with Crippen LogP contribution in [0.4, 0.5) is 0 Å². The van der Waals surface area contributed by atoms with Crippen LogP contribution in [0.5, 0.6) is 0 Å². The maximum atomic E-state index is 10.5. The monoisotopic (exact) mass is 272 g/mol. The molecule has 5 nitrogen and oxygen atoms in total. The van der Waals surface area contributed by atoms with Gasteiger partial charge in [0.1, 0.15) is 0 Å². The molecule has 1 saturated heterocycles. The number of rotatable bonds is 8. The van der Waals surface area contributed by atoms with Crippen molar-refractivity contribution in [2.45, 2.75) is 18.9 Å². The van der Waals surface area contributed by atoms with Gasteiger partial charge < -0.3 is 14.2 Å². The van der Waals surface area contributed by atoms with Crippen LogP contribution in [0.2, 0.25) is 0 Å². The van der Waals surface area contributed by atoms with E-state index in [9.17, 15) is 8.42 Å². The average molecular weight is 273 g/mol. The molecule has 1 unspecified atom stereocenters. The van der Waals surface area contributed by atoms with Crippen LogP contribution >= 0.6 is 10.7 Å². The maximum Gasteiger partial charge on any atom is 0.234 e. The first-order valence-electron chi connectivity index (χ1n) is 5.27. The number of hydrogen-bond acceptors (Lipinski definition) is 5. The number of ether oxygens (including phenoxy) is 3. The summed E-state index contributed by atoms with van der Waals surface area (Å²) in [5.41, 5.74) is 0. The Morgan fingerprint density at radius 2 is 2.00 bits per heavy atom. The summed E-state index contributed by atoms with van der Waals surface area (Å²) < 4.78 is 36.8. The first kappa shape index (κ1) is 14.2. The molecule has 0 saturated carbocycles. The van der Waals surface area contributed by atoms with Gasteiger partial charge in [-0.25, -0.2) is 8.42 Å². The Kier molecular flexibility index (Phi) is 6.60. The Morgan fingerprint density at radius 1 is 1.25 bits per heavy atom. The average Bonchev–Trinajstić information content (AvgIpc) is 2.67. The molecule has 1 atom stereocenters. The molecule has 1 fully saturated rings. The lowest BCUT2D eigenvalue weighted by Crippen LogP contribution is -2.17. The highest BCUT2D eigenvalue weighted by Crippen LogP contribution is 2.11. The lowest BCUT2D eigenvalue weighted by Gasteiger charge is -2.09. The highest BCUT2D eigenvalue weighted by Gasteiger charge is 2.14. The van der Waals surface area contributed by atoms with E-state index in [4.69, 9.17) is 24.9 Å². The lowest BCUT2D eigenvalue weighted by atomic mass is 10.2. The summed E-state index contributed by atoms with van der Waals surface area (Å²) in [6.07, 6.45) is 2.35. The molecule has 0 aromatic rings. The van der Waals surface area contributed by atoms with Crippen molar-refractivity contribution < 1.29 is 22.6 Å². The Morgan fingerprint density at radius 3 is 2.62 bits per heavy atom. The quantitative estimate of drug-likeness (QED) is 0.482. The second-order valence-corrected chi connectivity index (χ2v) is 6.46. The highest BCUT2D eigenvalue weighted by molar-refractivity contribution is 8.13. The molecule has 0 radical (unpaired) electrons. The second kappa shape index (κ2) is 7.45. The molecule has 0 aromatic heterocycles. The summed E-state index contributed by atoms with van der Waals surface area (Å²) in [6, 6.07) is 0. The van der Waals surface area contributed by atoms with Crippen molar-refractivity contribution in [1.29, 1.82) is 0 Å². The Labute approximate surface area is 100 Å². The third-order valence-electron chi connectivity index (χ3n) is 2.17. The molecule has 7 heteroatoms. The summed E-state index contributed by atoms with van der Waals surface area (Å²) in [4.78, 5) is 0. The molecule has 1 rings (SSSR count). The molecular formula is C9H17ClO5S. The second-order valence-electron chi connectivity index (χ2n) is 3.57. The summed E-state index contributed by atoms with van der Waals surface area (Å²) in [7, 11) is 1.56. The van der Waals surface area contributed by atoms with E-state index in [0.29, 0.717) is 19.8 Å². The van der Waals surface area contributed by atoms with Gasteiger partial charge in [-0.2, -0.15) is 0 Å². The van der Waals surface area contributed by atoms with Crippen molar-refractivity contribution in [1.82, 2.24) is 0 Å². The van der Waals surface area contributed by atoms with Crippen LogP contribution in [0.15, 0.2) is 0 Å². The molecular weight excluding hydrogens is 256 g/mol. The molecule has 1 aliphatic rings. The molecule has 0 aromatic carbocycles. The molecule has 1 heterocycles. The van der Waals surface area contributed by atoms with E-state index in [2.05, 4.69) is 0 Å². The molecule has 0 aliphatic carbocycles. The molecule has 96 valence electrons. The van der Waals surface area contributed by atoms with E-state index in [1.165, 1.54) is 0 Å². The first-order valence-corrected chi connectivity index (χ1v) is 7.75.